The van der Waals surface area contributed by atoms with Crippen LogP contribution in [0.25, 0.3) is 0 Å². The molecule has 1 aliphatic heterocycles. The van der Waals surface area contributed by atoms with Crippen LogP contribution in [0.3, 0.4) is 0 Å². The molecule has 1 saturated heterocycles. The Morgan fingerprint density at radius 3 is 2.84 bits per heavy atom. The Morgan fingerprint density at radius 2 is 2.26 bits per heavy atom. The van der Waals surface area contributed by atoms with Crippen LogP contribution in [-0.2, 0) is 4.79 Å². The van der Waals surface area contributed by atoms with Gasteiger partial charge in [0.2, 0.25) is 5.91 Å². The fourth-order valence-corrected chi connectivity index (χ4v) is 2.48. The third kappa shape index (κ3) is 2.71. The minimum Gasteiger partial charge on any atom is -0.496 e. The number of benzene rings is 1. The third-order valence-electron chi connectivity index (χ3n) is 3.54. The van der Waals surface area contributed by atoms with Gasteiger partial charge in [0.05, 0.1) is 13.2 Å². The van der Waals surface area contributed by atoms with E-state index in [0.717, 1.165) is 13.0 Å². The summed E-state index contributed by atoms with van der Waals surface area (Å²) in [5, 5.41) is 3.18. The van der Waals surface area contributed by atoms with Gasteiger partial charge in [0.1, 0.15) is 11.6 Å². The van der Waals surface area contributed by atoms with Crippen molar-refractivity contribution in [1.29, 1.82) is 0 Å². The van der Waals surface area contributed by atoms with Gasteiger partial charge in [-0.3, -0.25) is 10.1 Å². The first kappa shape index (κ1) is 13.8. The molecule has 0 radical (unpaired) electrons. The summed E-state index contributed by atoms with van der Waals surface area (Å²) < 4.78 is 19.1. The van der Waals surface area contributed by atoms with Gasteiger partial charge < -0.3 is 9.64 Å². The molecular formula is C14H19FN2O2. The summed E-state index contributed by atoms with van der Waals surface area (Å²) in [4.78, 5) is 13.5. The molecule has 0 saturated carbocycles. The second-order valence-corrected chi connectivity index (χ2v) is 4.85. The van der Waals surface area contributed by atoms with Gasteiger partial charge in [0, 0.05) is 25.2 Å². The van der Waals surface area contributed by atoms with E-state index >= 15 is 0 Å². The Labute approximate surface area is 112 Å². The first-order valence-corrected chi connectivity index (χ1v) is 6.38. The molecule has 2 atom stereocenters. The average molecular weight is 266 g/mol. The molecule has 104 valence electrons. The van der Waals surface area contributed by atoms with E-state index in [4.69, 9.17) is 4.74 Å². The van der Waals surface area contributed by atoms with Crippen molar-refractivity contribution < 1.29 is 13.9 Å². The van der Waals surface area contributed by atoms with Gasteiger partial charge in [-0.1, -0.05) is 6.07 Å². The molecular weight excluding hydrogens is 247 g/mol. The van der Waals surface area contributed by atoms with E-state index in [-0.39, 0.29) is 23.8 Å². The normalized spacial score (nSPS) is 20.7. The molecule has 4 nitrogen and oxygen atoms in total. The van der Waals surface area contributed by atoms with Gasteiger partial charge >= 0.3 is 0 Å². The highest BCUT2D eigenvalue weighted by molar-refractivity contribution is 5.83. The van der Waals surface area contributed by atoms with Gasteiger partial charge in [-0.15, -0.1) is 0 Å². The van der Waals surface area contributed by atoms with E-state index < -0.39 is 0 Å². The molecule has 2 unspecified atom stereocenters. The summed E-state index contributed by atoms with van der Waals surface area (Å²) in [6.07, 6.45) is 0.746. The number of rotatable bonds is 4. The van der Waals surface area contributed by atoms with Crippen LogP contribution in [0.5, 0.6) is 5.75 Å². The zero-order valence-electron chi connectivity index (χ0n) is 11.4. The van der Waals surface area contributed by atoms with E-state index in [1.165, 1.54) is 13.2 Å². The lowest BCUT2D eigenvalue weighted by Gasteiger charge is -2.21. The Morgan fingerprint density at radius 1 is 1.53 bits per heavy atom. The number of halogens is 1. The summed E-state index contributed by atoms with van der Waals surface area (Å²) in [6.45, 7) is 2.57. The number of nitrogens with zero attached hydrogens (tertiary/aromatic N) is 1. The maximum absolute atomic E-state index is 13.9. The lowest BCUT2D eigenvalue weighted by atomic mass is 10.0. The van der Waals surface area contributed by atoms with Crippen LogP contribution in [0.15, 0.2) is 18.2 Å². The van der Waals surface area contributed by atoms with Crippen LogP contribution < -0.4 is 10.1 Å². The monoisotopic (exact) mass is 266 g/mol. The van der Waals surface area contributed by atoms with E-state index in [0.29, 0.717) is 11.3 Å². The maximum atomic E-state index is 13.9. The van der Waals surface area contributed by atoms with Gasteiger partial charge in [-0.2, -0.15) is 0 Å². The fraction of sp³-hybridized carbons (Fsp3) is 0.500. The number of carbonyl (C=O) groups excluding carboxylic acids is 1. The van der Waals surface area contributed by atoms with Gasteiger partial charge in [-0.25, -0.2) is 4.39 Å². The van der Waals surface area contributed by atoms with Crippen molar-refractivity contribution >= 4 is 5.91 Å². The maximum Gasteiger partial charge on any atom is 0.239 e. The first-order valence-electron chi connectivity index (χ1n) is 6.38. The second kappa shape index (κ2) is 5.57. The van der Waals surface area contributed by atoms with Crippen LogP contribution in [0.2, 0.25) is 0 Å². The molecule has 1 amide bonds. The highest BCUT2D eigenvalue weighted by Crippen LogP contribution is 2.28. The molecule has 1 aromatic rings. The van der Waals surface area contributed by atoms with Crippen LogP contribution in [-0.4, -0.2) is 37.6 Å². The van der Waals surface area contributed by atoms with Crippen molar-refractivity contribution in [3.05, 3.63) is 29.6 Å². The molecule has 0 spiro atoms. The quantitative estimate of drug-likeness (QED) is 0.902. The third-order valence-corrected chi connectivity index (χ3v) is 3.54. The smallest absolute Gasteiger partial charge is 0.239 e. The lowest BCUT2D eigenvalue weighted by molar-refractivity contribution is -0.128. The van der Waals surface area contributed by atoms with Crippen molar-refractivity contribution in [2.45, 2.75) is 25.4 Å². The summed E-state index contributed by atoms with van der Waals surface area (Å²) >= 11 is 0. The molecule has 0 bridgehead atoms. The largest absolute Gasteiger partial charge is 0.496 e. The van der Waals surface area contributed by atoms with Gasteiger partial charge in [0.25, 0.3) is 0 Å². The summed E-state index contributed by atoms with van der Waals surface area (Å²) in [7, 11) is 3.29. The predicted octanol–water partition coefficient (Wildman–Crippen LogP) is 1.72. The first-order chi connectivity index (χ1) is 9.04. The van der Waals surface area contributed by atoms with Crippen molar-refractivity contribution in [2.24, 2.45) is 0 Å². The number of hydrogen-bond acceptors (Lipinski definition) is 3. The molecule has 5 heteroatoms. The minimum absolute atomic E-state index is 0.0576. The highest BCUT2D eigenvalue weighted by atomic mass is 19.1. The van der Waals surface area contributed by atoms with Gasteiger partial charge in [-0.05, 0) is 25.5 Å². The van der Waals surface area contributed by atoms with Crippen LogP contribution in [0.4, 0.5) is 4.39 Å². The van der Waals surface area contributed by atoms with Crippen molar-refractivity contribution in [3.63, 3.8) is 0 Å². The number of carbonyl (C=O) groups is 1. The summed E-state index contributed by atoms with van der Waals surface area (Å²) in [6, 6.07) is 4.21. The number of amides is 1. The summed E-state index contributed by atoms with van der Waals surface area (Å²) in [5.41, 5.74) is 0.465. The second-order valence-electron chi connectivity index (χ2n) is 4.85. The Balaban J connectivity index is 2.16. The van der Waals surface area contributed by atoms with Crippen LogP contribution >= 0.6 is 0 Å². The van der Waals surface area contributed by atoms with Crippen LogP contribution in [0.1, 0.15) is 24.9 Å². The SMILES string of the molecule is COc1cccc(F)c1C(C)NC1CCN(C)C1=O. The highest BCUT2D eigenvalue weighted by Gasteiger charge is 2.31. The zero-order chi connectivity index (χ0) is 14.0. The van der Waals surface area contributed by atoms with E-state index in [1.807, 2.05) is 6.92 Å². The zero-order valence-corrected chi connectivity index (χ0v) is 11.4. The molecule has 1 aromatic carbocycles. The van der Waals surface area contributed by atoms with Crippen molar-refractivity contribution in [1.82, 2.24) is 10.2 Å². The molecule has 1 heterocycles. The predicted molar refractivity (Wildman–Crippen MR) is 70.5 cm³/mol. The van der Waals surface area contributed by atoms with E-state index in [1.54, 1.807) is 24.1 Å². The van der Waals surface area contributed by atoms with E-state index in [9.17, 15) is 9.18 Å². The van der Waals surface area contributed by atoms with Crippen LogP contribution in [0, 0.1) is 5.82 Å². The number of hydrogen-bond donors (Lipinski definition) is 1. The Hall–Kier alpha value is -1.62. The Bertz CT molecular complexity index is 479. The van der Waals surface area contributed by atoms with Crippen molar-refractivity contribution in [2.75, 3.05) is 20.7 Å². The number of ether oxygens (including phenoxy) is 1. The Kier molecular flexibility index (Phi) is 4.04. The molecule has 1 N–H and O–H groups in total. The van der Waals surface area contributed by atoms with E-state index in [2.05, 4.69) is 5.32 Å². The molecule has 1 fully saturated rings. The summed E-state index contributed by atoms with van der Waals surface area (Å²) in [5.74, 6) is 0.235. The molecule has 2 rings (SSSR count). The number of likely N-dealkylation sites (tertiary alicyclic amines) is 1. The fourth-order valence-electron chi connectivity index (χ4n) is 2.48. The topological polar surface area (TPSA) is 41.6 Å². The molecule has 0 aliphatic carbocycles. The number of methoxy groups -OCH3 is 1. The minimum atomic E-state index is -0.321. The molecule has 0 aromatic heterocycles. The number of likely N-dealkylation sites (N-methyl/N-ethyl adjacent to an activating group) is 1. The average Bonchev–Trinajstić information content (AvgIpc) is 2.70. The number of nitrogens with one attached hydrogen (secondary N) is 1. The lowest BCUT2D eigenvalue weighted by Crippen LogP contribution is -2.38. The van der Waals surface area contributed by atoms with Gasteiger partial charge in [0.15, 0.2) is 0 Å². The molecule has 1 aliphatic rings. The van der Waals surface area contributed by atoms with Crippen molar-refractivity contribution in [3.8, 4) is 5.75 Å². The standard InChI is InChI=1S/C14H19FN2O2/c1-9(16-11-7-8-17(2)14(11)18)13-10(15)5-4-6-12(13)19-3/h4-6,9,11,16H,7-8H2,1-3H3. The molecule has 19 heavy (non-hydrogen) atoms.